The van der Waals surface area contributed by atoms with E-state index in [-0.39, 0.29) is 5.69 Å². The van der Waals surface area contributed by atoms with Gasteiger partial charge in [-0.15, -0.1) is 0 Å². The SMILES string of the molecule is CCOC(=O)c1cc(-c2cccn2C)n(-c2ccc(OC)nc2)n1. The van der Waals surface area contributed by atoms with E-state index in [1.807, 2.05) is 36.0 Å². The first-order valence-corrected chi connectivity index (χ1v) is 7.53. The van der Waals surface area contributed by atoms with Gasteiger partial charge in [0.05, 0.1) is 37.0 Å². The molecule has 3 heterocycles. The minimum absolute atomic E-state index is 0.254. The highest BCUT2D eigenvalue weighted by molar-refractivity contribution is 5.88. The lowest BCUT2D eigenvalue weighted by atomic mass is 10.2. The highest BCUT2D eigenvalue weighted by Gasteiger charge is 2.19. The molecule has 124 valence electrons. The van der Waals surface area contributed by atoms with Gasteiger partial charge in [-0.3, -0.25) is 0 Å². The number of pyridine rings is 1. The first-order chi connectivity index (χ1) is 11.6. The molecule has 0 fully saturated rings. The largest absolute Gasteiger partial charge is 0.481 e. The Kier molecular flexibility index (Phi) is 4.33. The number of ether oxygens (including phenoxy) is 2. The summed E-state index contributed by atoms with van der Waals surface area (Å²) in [7, 11) is 3.49. The van der Waals surface area contributed by atoms with E-state index in [0.29, 0.717) is 12.5 Å². The summed E-state index contributed by atoms with van der Waals surface area (Å²) in [5, 5.41) is 4.40. The molecular formula is C17H18N4O3. The van der Waals surface area contributed by atoms with Crippen LogP contribution in [0.15, 0.2) is 42.7 Å². The number of hydrogen-bond donors (Lipinski definition) is 0. The molecule has 7 nitrogen and oxygen atoms in total. The third-order valence-corrected chi connectivity index (χ3v) is 3.57. The quantitative estimate of drug-likeness (QED) is 0.674. The van der Waals surface area contributed by atoms with Crippen molar-refractivity contribution in [3.63, 3.8) is 0 Å². The highest BCUT2D eigenvalue weighted by atomic mass is 16.5. The number of nitrogens with zero attached hydrogens (tertiary/aromatic N) is 4. The number of aromatic nitrogens is 4. The van der Waals surface area contributed by atoms with E-state index in [2.05, 4.69) is 10.1 Å². The number of carbonyl (C=O) groups excluding carboxylic acids is 1. The first-order valence-electron chi connectivity index (χ1n) is 7.53. The fraction of sp³-hybridized carbons (Fsp3) is 0.235. The molecule has 0 bridgehead atoms. The van der Waals surface area contributed by atoms with E-state index in [1.165, 1.54) is 0 Å². The van der Waals surface area contributed by atoms with Crippen molar-refractivity contribution in [3.8, 4) is 23.0 Å². The van der Waals surface area contributed by atoms with Crippen molar-refractivity contribution in [1.82, 2.24) is 19.3 Å². The molecule has 0 unspecified atom stereocenters. The van der Waals surface area contributed by atoms with Crippen molar-refractivity contribution in [2.24, 2.45) is 7.05 Å². The molecule has 24 heavy (non-hydrogen) atoms. The number of methoxy groups -OCH3 is 1. The Labute approximate surface area is 139 Å². The van der Waals surface area contributed by atoms with Crippen LogP contribution in [-0.4, -0.2) is 39.0 Å². The molecular weight excluding hydrogens is 308 g/mol. The average molecular weight is 326 g/mol. The van der Waals surface area contributed by atoms with Gasteiger partial charge in [0.15, 0.2) is 5.69 Å². The van der Waals surface area contributed by atoms with Crippen molar-refractivity contribution in [2.45, 2.75) is 6.92 Å². The predicted octanol–water partition coefficient (Wildman–Crippen LogP) is 2.46. The van der Waals surface area contributed by atoms with Gasteiger partial charge in [-0.1, -0.05) is 0 Å². The van der Waals surface area contributed by atoms with Crippen molar-refractivity contribution in [1.29, 1.82) is 0 Å². The second-order valence-corrected chi connectivity index (χ2v) is 5.11. The van der Waals surface area contributed by atoms with E-state index in [0.717, 1.165) is 17.1 Å². The molecule has 0 saturated carbocycles. The molecule has 0 N–H and O–H groups in total. The molecule has 0 aliphatic rings. The normalized spacial score (nSPS) is 10.6. The smallest absolute Gasteiger partial charge is 0.358 e. The van der Waals surface area contributed by atoms with Crippen molar-refractivity contribution >= 4 is 5.97 Å². The van der Waals surface area contributed by atoms with Gasteiger partial charge >= 0.3 is 5.97 Å². The van der Waals surface area contributed by atoms with Crippen LogP contribution in [0.25, 0.3) is 17.1 Å². The first kappa shape index (κ1) is 15.8. The lowest BCUT2D eigenvalue weighted by Gasteiger charge is -2.08. The summed E-state index contributed by atoms with van der Waals surface area (Å²) in [5.74, 6) is 0.0603. The number of aryl methyl sites for hydroxylation is 1. The zero-order valence-electron chi connectivity index (χ0n) is 13.8. The van der Waals surface area contributed by atoms with Crippen LogP contribution in [0, 0.1) is 0 Å². The van der Waals surface area contributed by atoms with E-state index in [9.17, 15) is 4.79 Å². The molecule has 7 heteroatoms. The van der Waals surface area contributed by atoms with Gasteiger partial charge in [0, 0.05) is 25.4 Å². The van der Waals surface area contributed by atoms with Crippen LogP contribution in [0.3, 0.4) is 0 Å². The van der Waals surface area contributed by atoms with Gasteiger partial charge in [0.25, 0.3) is 0 Å². The summed E-state index contributed by atoms with van der Waals surface area (Å²) < 4.78 is 13.8. The number of carbonyl (C=O) groups is 1. The van der Waals surface area contributed by atoms with Crippen LogP contribution in [0.4, 0.5) is 0 Å². The lowest BCUT2D eigenvalue weighted by molar-refractivity contribution is 0.0519. The van der Waals surface area contributed by atoms with Crippen molar-refractivity contribution < 1.29 is 14.3 Å². The maximum atomic E-state index is 12.1. The third-order valence-electron chi connectivity index (χ3n) is 3.57. The number of hydrogen-bond acceptors (Lipinski definition) is 5. The molecule has 3 aromatic heterocycles. The third kappa shape index (κ3) is 2.88. The van der Waals surface area contributed by atoms with Crippen LogP contribution in [0.5, 0.6) is 5.88 Å². The molecule has 0 aliphatic heterocycles. The molecule has 3 rings (SSSR count). The summed E-state index contributed by atoms with van der Waals surface area (Å²) in [4.78, 5) is 16.3. The molecule has 0 saturated heterocycles. The van der Waals surface area contributed by atoms with E-state index < -0.39 is 5.97 Å². The minimum atomic E-state index is -0.451. The number of esters is 1. The Morgan fingerprint density at radius 3 is 2.67 bits per heavy atom. The molecule has 0 aromatic carbocycles. The number of rotatable bonds is 5. The van der Waals surface area contributed by atoms with Crippen LogP contribution >= 0.6 is 0 Å². The standard InChI is InChI=1S/C17H18N4O3/c1-4-24-17(22)13-10-15(14-6-5-9-20(14)2)21(19-13)12-7-8-16(23-3)18-11-12/h5-11H,4H2,1-3H3. The fourth-order valence-electron chi connectivity index (χ4n) is 2.41. The second kappa shape index (κ2) is 6.57. The monoisotopic (exact) mass is 326 g/mol. The van der Waals surface area contributed by atoms with Crippen molar-refractivity contribution in [3.05, 3.63) is 48.4 Å². The van der Waals surface area contributed by atoms with Gasteiger partial charge in [-0.05, 0) is 25.1 Å². The summed E-state index contributed by atoms with van der Waals surface area (Å²) in [6.07, 6.45) is 3.58. The maximum absolute atomic E-state index is 12.1. The van der Waals surface area contributed by atoms with Crippen LogP contribution in [0.1, 0.15) is 17.4 Å². The fourth-order valence-corrected chi connectivity index (χ4v) is 2.41. The van der Waals surface area contributed by atoms with Gasteiger partial charge in [-0.25, -0.2) is 14.5 Å². The highest BCUT2D eigenvalue weighted by Crippen LogP contribution is 2.25. The summed E-state index contributed by atoms with van der Waals surface area (Å²) in [6.45, 7) is 2.07. The molecule has 0 radical (unpaired) electrons. The van der Waals surface area contributed by atoms with Gasteiger partial charge in [0.1, 0.15) is 0 Å². The topological polar surface area (TPSA) is 71.2 Å². The molecule has 3 aromatic rings. The average Bonchev–Trinajstić information content (AvgIpc) is 3.21. The second-order valence-electron chi connectivity index (χ2n) is 5.11. The Balaban J connectivity index is 2.11. The van der Waals surface area contributed by atoms with E-state index >= 15 is 0 Å². The van der Waals surface area contributed by atoms with Crippen LogP contribution in [0.2, 0.25) is 0 Å². The zero-order valence-corrected chi connectivity index (χ0v) is 13.8. The maximum Gasteiger partial charge on any atom is 0.358 e. The van der Waals surface area contributed by atoms with Crippen LogP contribution < -0.4 is 4.74 Å². The Morgan fingerprint density at radius 2 is 2.08 bits per heavy atom. The van der Waals surface area contributed by atoms with Crippen molar-refractivity contribution in [2.75, 3.05) is 13.7 Å². The molecule has 0 amide bonds. The van der Waals surface area contributed by atoms with Gasteiger partial charge in [0.2, 0.25) is 5.88 Å². The molecule has 0 atom stereocenters. The van der Waals surface area contributed by atoms with Crippen LogP contribution in [-0.2, 0) is 11.8 Å². The van der Waals surface area contributed by atoms with E-state index in [4.69, 9.17) is 9.47 Å². The Morgan fingerprint density at radius 1 is 1.25 bits per heavy atom. The minimum Gasteiger partial charge on any atom is -0.481 e. The molecule has 0 aliphatic carbocycles. The van der Waals surface area contributed by atoms with Gasteiger partial charge in [-0.2, -0.15) is 5.10 Å². The summed E-state index contributed by atoms with van der Waals surface area (Å²) in [5.41, 5.74) is 2.68. The molecule has 0 spiro atoms. The predicted molar refractivity (Wildman–Crippen MR) is 88.3 cm³/mol. The Bertz CT molecular complexity index is 849. The van der Waals surface area contributed by atoms with E-state index in [1.54, 1.807) is 37.0 Å². The van der Waals surface area contributed by atoms with Gasteiger partial charge < -0.3 is 14.0 Å². The zero-order chi connectivity index (χ0) is 17.1. The Hall–Kier alpha value is -3.09. The summed E-state index contributed by atoms with van der Waals surface area (Å²) in [6, 6.07) is 9.19. The summed E-state index contributed by atoms with van der Waals surface area (Å²) >= 11 is 0. The lowest BCUT2D eigenvalue weighted by Crippen LogP contribution is -2.07.